The molecule has 2 fully saturated rings. The highest BCUT2D eigenvalue weighted by atomic mass is 35.5. The number of aromatic amines is 1. The maximum Gasteiger partial charge on any atom is 0.327 e. The van der Waals surface area contributed by atoms with Gasteiger partial charge >= 0.3 is 5.97 Å². The molecule has 1 N–H and O–H groups in total. The van der Waals surface area contributed by atoms with E-state index in [0.29, 0.717) is 40.3 Å². The van der Waals surface area contributed by atoms with Crippen molar-refractivity contribution in [2.24, 2.45) is 5.92 Å². The van der Waals surface area contributed by atoms with Crippen molar-refractivity contribution in [2.45, 2.75) is 61.0 Å². The van der Waals surface area contributed by atoms with E-state index >= 15 is 0 Å². The van der Waals surface area contributed by atoms with E-state index in [4.69, 9.17) is 25.8 Å². The monoisotopic (exact) mass is 555 g/mol. The number of cyclic esters (lactones) is 1. The summed E-state index contributed by atoms with van der Waals surface area (Å²) in [6.45, 7) is 0. The van der Waals surface area contributed by atoms with Crippen LogP contribution < -0.4 is 9.47 Å². The van der Waals surface area contributed by atoms with Crippen molar-refractivity contribution in [3.05, 3.63) is 53.1 Å². The molecule has 10 heteroatoms. The van der Waals surface area contributed by atoms with Gasteiger partial charge in [0.15, 0.2) is 16.9 Å². The smallest absolute Gasteiger partial charge is 0.327 e. The molecule has 2 aliphatic rings. The minimum Gasteiger partial charge on any atom is -0.496 e. The number of aromatic nitrogens is 3. The van der Waals surface area contributed by atoms with Gasteiger partial charge in [-0.3, -0.25) is 14.7 Å². The van der Waals surface area contributed by atoms with Crippen LogP contribution in [-0.2, 0) is 20.7 Å². The first-order valence-corrected chi connectivity index (χ1v) is 14.0. The Morgan fingerprint density at radius 1 is 1.11 bits per heavy atom. The number of nitrogens with zero attached hydrogens (tertiary/aromatic N) is 2. The molecule has 2 heterocycles. The number of ether oxygens (including phenoxy) is 3. The summed E-state index contributed by atoms with van der Waals surface area (Å²) in [5.41, 5.74) is 0.899. The minimum absolute atomic E-state index is 0.134. The number of methoxy groups -OCH3 is 2. The third-order valence-electron chi connectivity index (χ3n) is 7.49. The molecule has 0 amide bonds. The molecule has 1 saturated carbocycles. The Labute approximate surface area is 230 Å². The molecular weight excluding hydrogens is 526 g/mol. The second-order valence-corrected chi connectivity index (χ2v) is 11.2. The van der Waals surface area contributed by atoms with E-state index in [1.165, 1.54) is 0 Å². The summed E-state index contributed by atoms with van der Waals surface area (Å²) < 4.78 is 17.1. The van der Waals surface area contributed by atoms with Gasteiger partial charge in [-0.25, -0.2) is 4.98 Å². The number of halogens is 1. The zero-order valence-corrected chi connectivity index (χ0v) is 22.9. The first-order chi connectivity index (χ1) is 18.4. The largest absolute Gasteiger partial charge is 0.496 e. The highest BCUT2D eigenvalue weighted by Gasteiger charge is 2.52. The van der Waals surface area contributed by atoms with Crippen molar-refractivity contribution >= 4 is 35.1 Å². The molecule has 1 aromatic heterocycles. The van der Waals surface area contributed by atoms with Crippen molar-refractivity contribution < 1.29 is 23.8 Å². The lowest BCUT2D eigenvalue weighted by Gasteiger charge is -2.42. The van der Waals surface area contributed by atoms with Gasteiger partial charge in [-0.2, -0.15) is 0 Å². The van der Waals surface area contributed by atoms with Gasteiger partial charge < -0.3 is 14.2 Å². The maximum absolute atomic E-state index is 13.5. The van der Waals surface area contributed by atoms with Crippen molar-refractivity contribution in [1.82, 2.24) is 15.2 Å². The van der Waals surface area contributed by atoms with Crippen LogP contribution in [0.15, 0.2) is 47.6 Å². The SMILES string of the molecule is COc1cc(OC)c(CCC2(C3CCCC3)CC(=O)C(Sc3n[nH]c(-c4ccccc4)n3)C(=O)O2)cc1Cl. The number of aryl methyl sites for hydroxylation is 1. The van der Waals surface area contributed by atoms with Crippen LogP contribution in [0.4, 0.5) is 0 Å². The van der Waals surface area contributed by atoms with Gasteiger partial charge in [0.25, 0.3) is 0 Å². The third-order valence-corrected chi connectivity index (χ3v) is 8.87. The molecule has 2 unspecified atom stereocenters. The number of thioether (sulfide) groups is 1. The van der Waals surface area contributed by atoms with Crippen LogP contribution in [0.1, 0.15) is 44.1 Å². The normalized spacial score (nSPS) is 21.9. The van der Waals surface area contributed by atoms with Crippen molar-refractivity contribution in [1.29, 1.82) is 0 Å². The predicted molar refractivity (Wildman–Crippen MR) is 145 cm³/mol. The molecule has 2 atom stereocenters. The first kappa shape index (κ1) is 26.6. The van der Waals surface area contributed by atoms with Crippen LogP contribution in [0.3, 0.4) is 0 Å². The zero-order chi connectivity index (χ0) is 26.7. The number of rotatable bonds is 9. The fourth-order valence-corrected chi connectivity index (χ4v) is 6.62. The Balaban J connectivity index is 1.34. The van der Waals surface area contributed by atoms with E-state index in [0.717, 1.165) is 48.6 Å². The van der Waals surface area contributed by atoms with Crippen LogP contribution in [0.2, 0.25) is 5.02 Å². The van der Waals surface area contributed by atoms with E-state index in [9.17, 15) is 9.59 Å². The molecular formula is C28H30ClN3O5S. The summed E-state index contributed by atoms with van der Waals surface area (Å²) in [7, 11) is 3.15. The van der Waals surface area contributed by atoms with Crippen LogP contribution in [0.5, 0.6) is 11.5 Å². The number of carbonyl (C=O) groups excluding carboxylic acids is 2. The Bertz CT molecular complexity index is 1290. The average Bonchev–Trinajstić information content (AvgIpc) is 3.63. The molecule has 5 rings (SSSR count). The van der Waals surface area contributed by atoms with Gasteiger partial charge in [-0.1, -0.05) is 66.5 Å². The number of hydrogen-bond acceptors (Lipinski definition) is 8. The number of carbonyl (C=O) groups is 2. The summed E-state index contributed by atoms with van der Waals surface area (Å²) in [6.07, 6.45) is 5.21. The Morgan fingerprint density at radius 2 is 1.84 bits per heavy atom. The number of esters is 1. The van der Waals surface area contributed by atoms with E-state index in [1.54, 1.807) is 20.3 Å². The molecule has 0 bridgehead atoms. The Hall–Kier alpha value is -3.04. The van der Waals surface area contributed by atoms with Gasteiger partial charge in [0.05, 0.1) is 19.2 Å². The standard InChI is InChI=1S/C28H30ClN3O5S/c1-35-22-15-23(36-2)20(29)14-18(22)12-13-28(19-10-6-7-11-19)16-21(33)24(26(34)37-28)38-27-30-25(31-32-27)17-8-4-3-5-9-17/h3-5,8-9,14-15,19,24H,6-7,10-13,16H2,1-2H3,(H,30,31,32). The lowest BCUT2D eigenvalue weighted by molar-refractivity contribution is -0.177. The molecule has 1 saturated heterocycles. The minimum atomic E-state index is -0.992. The van der Waals surface area contributed by atoms with Gasteiger partial charge in [0, 0.05) is 18.1 Å². The number of hydrogen-bond donors (Lipinski definition) is 1. The molecule has 8 nitrogen and oxygen atoms in total. The highest BCUT2D eigenvalue weighted by Crippen LogP contribution is 2.46. The fourth-order valence-electron chi connectivity index (χ4n) is 5.54. The highest BCUT2D eigenvalue weighted by molar-refractivity contribution is 8.01. The molecule has 0 spiro atoms. The topological polar surface area (TPSA) is 103 Å². The van der Waals surface area contributed by atoms with Crippen LogP contribution >= 0.6 is 23.4 Å². The summed E-state index contributed by atoms with van der Waals surface area (Å²) in [5.74, 6) is 1.21. The fraction of sp³-hybridized carbons (Fsp3) is 0.429. The van der Waals surface area contributed by atoms with Gasteiger partial charge in [-0.15, -0.1) is 5.10 Å². The van der Waals surface area contributed by atoms with Crippen LogP contribution in [0.25, 0.3) is 11.4 Å². The zero-order valence-electron chi connectivity index (χ0n) is 21.4. The second kappa shape index (κ2) is 11.4. The van der Waals surface area contributed by atoms with Crippen molar-refractivity contribution in [2.75, 3.05) is 14.2 Å². The number of H-pyrrole nitrogens is 1. The van der Waals surface area contributed by atoms with Gasteiger partial charge in [-0.05, 0) is 43.2 Å². The molecule has 3 aromatic rings. The van der Waals surface area contributed by atoms with Crippen LogP contribution in [-0.4, -0.2) is 52.0 Å². The van der Waals surface area contributed by atoms with Gasteiger partial charge in [0.1, 0.15) is 17.1 Å². The lowest BCUT2D eigenvalue weighted by Crippen LogP contribution is -2.53. The lowest BCUT2D eigenvalue weighted by atomic mass is 9.76. The number of benzene rings is 2. The molecule has 1 aliphatic carbocycles. The molecule has 2 aromatic carbocycles. The summed E-state index contributed by atoms with van der Waals surface area (Å²) in [5, 5.41) is 6.93. The maximum atomic E-state index is 13.5. The molecule has 200 valence electrons. The Morgan fingerprint density at radius 3 is 2.53 bits per heavy atom. The number of ketones is 1. The summed E-state index contributed by atoms with van der Waals surface area (Å²) in [6, 6.07) is 13.1. The summed E-state index contributed by atoms with van der Waals surface area (Å²) in [4.78, 5) is 31.3. The third kappa shape index (κ3) is 5.40. The van der Waals surface area contributed by atoms with E-state index in [2.05, 4.69) is 15.2 Å². The quantitative estimate of drug-likeness (QED) is 0.266. The predicted octanol–water partition coefficient (Wildman–Crippen LogP) is 5.68. The van der Waals surface area contributed by atoms with E-state index in [-0.39, 0.29) is 18.1 Å². The molecule has 1 aliphatic heterocycles. The number of Topliss-reactive ketones (excluding diaryl/α,β-unsaturated/α-hetero) is 1. The van der Waals surface area contributed by atoms with Crippen molar-refractivity contribution in [3.63, 3.8) is 0 Å². The number of nitrogens with one attached hydrogen (secondary N) is 1. The Kier molecular flexibility index (Phi) is 7.95. The van der Waals surface area contributed by atoms with Crippen LogP contribution in [0, 0.1) is 5.92 Å². The van der Waals surface area contributed by atoms with Crippen molar-refractivity contribution in [3.8, 4) is 22.9 Å². The molecule has 38 heavy (non-hydrogen) atoms. The van der Waals surface area contributed by atoms with E-state index < -0.39 is 16.8 Å². The van der Waals surface area contributed by atoms with Gasteiger partial charge in [0.2, 0.25) is 5.16 Å². The first-order valence-electron chi connectivity index (χ1n) is 12.7. The second-order valence-electron chi connectivity index (χ2n) is 9.74. The molecule has 0 radical (unpaired) electrons. The summed E-state index contributed by atoms with van der Waals surface area (Å²) >= 11 is 7.43. The average molecular weight is 556 g/mol. The van der Waals surface area contributed by atoms with E-state index in [1.807, 2.05) is 36.4 Å².